The van der Waals surface area contributed by atoms with Crippen LogP contribution < -0.4 is 20.5 Å². The average Bonchev–Trinajstić information content (AvgIpc) is 2.91. The Hall–Kier alpha value is -4.12. The molecule has 0 fully saturated rings. The Bertz CT molecular complexity index is 1380. The normalized spacial score (nSPS) is 11.3. The predicted octanol–water partition coefficient (Wildman–Crippen LogP) is 6.90. The molecule has 0 amide bonds. The van der Waals surface area contributed by atoms with Crippen molar-refractivity contribution < 1.29 is 9.84 Å². The van der Waals surface area contributed by atoms with Gasteiger partial charge in [-0.05, 0) is 73.5 Å². The Kier molecular flexibility index (Phi) is 8.01. The summed E-state index contributed by atoms with van der Waals surface area (Å²) in [7, 11) is 0. The molecule has 0 atom stereocenters. The van der Waals surface area contributed by atoms with Gasteiger partial charge in [0.1, 0.15) is 5.75 Å². The number of hydrogen-bond acceptors (Lipinski definition) is 5. The van der Waals surface area contributed by atoms with E-state index >= 15 is 0 Å². The Morgan fingerprint density at radius 1 is 0.750 bits per heavy atom. The van der Waals surface area contributed by atoms with E-state index in [1.54, 1.807) is 6.08 Å². The quantitative estimate of drug-likeness (QED) is 0.186. The summed E-state index contributed by atoms with van der Waals surface area (Å²) in [6.07, 6.45) is 7.89. The topological polar surface area (TPSA) is 66.8 Å². The first-order chi connectivity index (χ1) is 17.5. The van der Waals surface area contributed by atoms with Crippen molar-refractivity contribution in [1.82, 2.24) is 0 Å². The number of nitrogens with zero attached hydrogens (tertiary/aromatic N) is 1. The van der Waals surface area contributed by atoms with Crippen molar-refractivity contribution in [3.63, 3.8) is 0 Å². The van der Waals surface area contributed by atoms with Crippen LogP contribution in [0.15, 0.2) is 82.4 Å². The summed E-state index contributed by atoms with van der Waals surface area (Å²) < 4.78 is 5.92. The summed E-state index contributed by atoms with van der Waals surface area (Å²) in [6.45, 7) is 4.99. The minimum Gasteiger partial charge on any atom is -0.504 e. The molecule has 0 aliphatic carbocycles. The van der Waals surface area contributed by atoms with Crippen molar-refractivity contribution in [2.75, 3.05) is 11.5 Å². The van der Waals surface area contributed by atoms with Gasteiger partial charge in [-0.15, -0.1) is 0 Å². The molecule has 0 unspecified atom stereocenters. The Morgan fingerprint density at radius 3 is 1.92 bits per heavy atom. The molecule has 0 heterocycles. The van der Waals surface area contributed by atoms with Gasteiger partial charge in [-0.2, -0.15) is 0 Å². The molecule has 4 aromatic carbocycles. The molecular weight excluding hydrogens is 450 g/mol. The maximum absolute atomic E-state index is 11.6. The lowest BCUT2D eigenvalue weighted by atomic mass is 10.1. The van der Waals surface area contributed by atoms with Gasteiger partial charge in [-0.3, -0.25) is 9.59 Å². The molecule has 0 aromatic heterocycles. The van der Waals surface area contributed by atoms with Gasteiger partial charge >= 0.3 is 0 Å². The first-order valence-corrected chi connectivity index (χ1v) is 12.4. The van der Waals surface area contributed by atoms with E-state index in [1.807, 2.05) is 36.4 Å². The van der Waals surface area contributed by atoms with Crippen molar-refractivity contribution in [3.8, 4) is 11.5 Å². The number of rotatable bonds is 11. The van der Waals surface area contributed by atoms with Crippen molar-refractivity contribution >= 4 is 29.2 Å². The average molecular weight is 482 g/mol. The maximum Gasteiger partial charge on any atom is 0.268 e. The van der Waals surface area contributed by atoms with Gasteiger partial charge in [-0.25, -0.2) is 0 Å². The molecule has 0 spiro atoms. The number of anilines is 3. The lowest BCUT2D eigenvalue weighted by Gasteiger charge is -2.26. The number of hydrogen-bond donors (Lipinski definition) is 1. The standard InChI is InChI=1S/C31H31NO4/c1-3-4-5-6-21-36-27-18-16-26(17-19-27)32(24-12-7-22(2)8-13-24)25-14-9-23(10-15-25)11-20-28-29(33)31(35)30(28)34/h7-20,33H,3-6,21H2,1-2H3/b20-11+. The molecule has 0 bridgehead atoms. The molecule has 4 aromatic rings. The van der Waals surface area contributed by atoms with E-state index in [1.165, 1.54) is 30.9 Å². The van der Waals surface area contributed by atoms with Crippen LogP contribution >= 0.6 is 0 Å². The number of benzene rings is 3. The molecule has 4 rings (SSSR count). The van der Waals surface area contributed by atoms with Crippen molar-refractivity contribution in [2.45, 2.75) is 39.5 Å². The van der Waals surface area contributed by atoms with Gasteiger partial charge in [0.05, 0.1) is 12.2 Å². The first-order valence-electron chi connectivity index (χ1n) is 12.4. The minimum atomic E-state index is -0.827. The Morgan fingerprint density at radius 2 is 1.33 bits per heavy atom. The molecule has 184 valence electrons. The van der Waals surface area contributed by atoms with Gasteiger partial charge in [0.2, 0.25) is 5.43 Å². The third kappa shape index (κ3) is 5.74. The molecule has 0 saturated heterocycles. The van der Waals surface area contributed by atoms with E-state index in [9.17, 15) is 14.7 Å². The largest absolute Gasteiger partial charge is 0.504 e. The van der Waals surface area contributed by atoms with Crippen LogP contribution in [0.1, 0.15) is 49.3 Å². The first kappa shape index (κ1) is 25.0. The van der Waals surface area contributed by atoms with E-state index in [0.29, 0.717) is 0 Å². The zero-order valence-corrected chi connectivity index (χ0v) is 20.7. The molecule has 5 nitrogen and oxygen atoms in total. The van der Waals surface area contributed by atoms with Gasteiger partial charge in [0, 0.05) is 17.1 Å². The van der Waals surface area contributed by atoms with Crippen LogP contribution in [-0.2, 0) is 0 Å². The van der Waals surface area contributed by atoms with E-state index in [-0.39, 0.29) is 5.56 Å². The van der Waals surface area contributed by atoms with Crippen molar-refractivity contribution in [3.05, 3.63) is 110 Å². The molecule has 0 radical (unpaired) electrons. The fraction of sp³-hybridized carbons (Fsp3) is 0.226. The molecular formula is C31H31NO4. The second-order valence-electron chi connectivity index (χ2n) is 8.92. The van der Waals surface area contributed by atoms with Crippen LogP contribution in [-0.4, -0.2) is 11.7 Å². The molecule has 5 heteroatoms. The predicted molar refractivity (Wildman–Crippen MR) is 147 cm³/mol. The number of ether oxygens (including phenoxy) is 1. The molecule has 0 aliphatic rings. The van der Waals surface area contributed by atoms with Crippen molar-refractivity contribution in [1.29, 1.82) is 0 Å². The highest BCUT2D eigenvalue weighted by Crippen LogP contribution is 2.35. The summed E-state index contributed by atoms with van der Waals surface area (Å²) >= 11 is 0. The zero-order chi connectivity index (χ0) is 25.5. The fourth-order valence-corrected chi connectivity index (χ4v) is 4.02. The lowest BCUT2D eigenvalue weighted by molar-refractivity contribution is 0.305. The Labute approximate surface area is 211 Å². The Balaban J connectivity index is 1.55. The van der Waals surface area contributed by atoms with Crippen LogP contribution in [0.3, 0.4) is 0 Å². The molecule has 1 N–H and O–H groups in total. The van der Waals surface area contributed by atoms with Crippen LogP contribution in [0.25, 0.3) is 12.2 Å². The fourth-order valence-electron chi connectivity index (χ4n) is 4.02. The van der Waals surface area contributed by atoms with E-state index < -0.39 is 16.6 Å². The van der Waals surface area contributed by atoms with Gasteiger partial charge < -0.3 is 14.7 Å². The molecule has 36 heavy (non-hydrogen) atoms. The van der Waals surface area contributed by atoms with Crippen LogP contribution in [0.5, 0.6) is 11.5 Å². The van der Waals surface area contributed by atoms with E-state index in [0.717, 1.165) is 41.4 Å². The van der Waals surface area contributed by atoms with Crippen molar-refractivity contribution in [2.24, 2.45) is 0 Å². The third-order valence-electron chi connectivity index (χ3n) is 6.17. The third-order valence-corrected chi connectivity index (χ3v) is 6.17. The number of aryl methyl sites for hydroxylation is 1. The highest BCUT2D eigenvalue weighted by atomic mass is 16.5. The number of aromatic hydroxyl groups is 1. The summed E-state index contributed by atoms with van der Waals surface area (Å²) in [5, 5.41) is 9.56. The molecule has 0 aliphatic heterocycles. The van der Waals surface area contributed by atoms with E-state index in [2.05, 4.69) is 55.1 Å². The van der Waals surface area contributed by atoms with Gasteiger partial charge in [0.15, 0.2) is 5.75 Å². The van der Waals surface area contributed by atoms with Crippen LogP contribution in [0.2, 0.25) is 0 Å². The van der Waals surface area contributed by atoms with Crippen LogP contribution in [0.4, 0.5) is 17.1 Å². The molecule has 0 saturated carbocycles. The summed E-state index contributed by atoms with van der Waals surface area (Å²) in [6, 6.07) is 24.4. The van der Waals surface area contributed by atoms with E-state index in [4.69, 9.17) is 4.74 Å². The summed E-state index contributed by atoms with van der Waals surface area (Å²) in [5.74, 6) is 0.396. The number of unbranched alkanes of at least 4 members (excludes halogenated alkanes) is 3. The van der Waals surface area contributed by atoms with Crippen LogP contribution in [0, 0.1) is 6.92 Å². The van der Waals surface area contributed by atoms with Gasteiger partial charge in [-0.1, -0.05) is 62.1 Å². The second kappa shape index (κ2) is 11.5. The monoisotopic (exact) mass is 481 g/mol. The minimum absolute atomic E-state index is 0.0537. The van der Waals surface area contributed by atoms with Gasteiger partial charge in [0.25, 0.3) is 5.43 Å². The summed E-state index contributed by atoms with van der Waals surface area (Å²) in [5.41, 5.74) is 3.62. The maximum atomic E-state index is 11.6. The SMILES string of the molecule is CCCCCCOc1ccc(N(c2ccc(C)cc2)c2ccc(/C=C/c3c(O)c(=O)c3=O)cc2)cc1. The highest BCUT2D eigenvalue weighted by Gasteiger charge is 2.17. The summed E-state index contributed by atoms with van der Waals surface area (Å²) in [4.78, 5) is 24.9. The second-order valence-corrected chi connectivity index (χ2v) is 8.92. The highest BCUT2D eigenvalue weighted by molar-refractivity contribution is 5.79. The zero-order valence-electron chi connectivity index (χ0n) is 20.7. The lowest BCUT2D eigenvalue weighted by Crippen LogP contribution is -2.32. The smallest absolute Gasteiger partial charge is 0.268 e.